The molecule has 0 bridgehead atoms. The van der Waals surface area contributed by atoms with Gasteiger partial charge in [-0.05, 0) is 42.7 Å². The zero-order valence-electron chi connectivity index (χ0n) is 16.3. The van der Waals surface area contributed by atoms with Crippen LogP contribution in [0.3, 0.4) is 0 Å². The van der Waals surface area contributed by atoms with Crippen molar-refractivity contribution in [3.63, 3.8) is 0 Å². The standard InChI is InChI=1S/C20H27ClN4O2.HI/c1-3-22-20(23-10-9-16-7-8-19(21)25-14-16)24-11-12-27-15-17-5-4-6-18(13-17)26-2;/h4-8,13-14H,3,9-12,15H2,1-2H3,(H2,22,23,24);1H. The van der Waals surface area contributed by atoms with Gasteiger partial charge in [0.2, 0.25) is 0 Å². The van der Waals surface area contributed by atoms with Crippen molar-refractivity contribution in [2.45, 2.75) is 20.0 Å². The van der Waals surface area contributed by atoms with Crippen LogP contribution in [0.1, 0.15) is 18.1 Å². The van der Waals surface area contributed by atoms with Crippen LogP contribution in [0.5, 0.6) is 5.75 Å². The highest BCUT2D eigenvalue weighted by atomic mass is 127. The first kappa shape index (κ1) is 24.5. The van der Waals surface area contributed by atoms with Crippen LogP contribution in [0.4, 0.5) is 0 Å². The average Bonchev–Trinajstić information content (AvgIpc) is 2.69. The molecule has 0 saturated carbocycles. The van der Waals surface area contributed by atoms with Crippen LogP contribution in [0.15, 0.2) is 47.6 Å². The van der Waals surface area contributed by atoms with Crippen LogP contribution in [-0.2, 0) is 17.8 Å². The molecule has 0 amide bonds. The number of methoxy groups -OCH3 is 1. The number of halogens is 2. The molecule has 6 nitrogen and oxygen atoms in total. The Labute approximate surface area is 189 Å². The second-order valence-electron chi connectivity index (χ2n) is 5.83. The van der Waals surface area contributed by atoms with E-state index in [4.69, 9.17) is 21.1 Å². The van der Waals surface area contributed by atoms with Gasteiger partial charge in [0.15, 0.2) is 5.96 Å². The van der Waals surface area contributed by atoms with Gasteiger partial charge in [0.05, 0.1) is 26.9 Å². The largest absolute Gasteiger partial charge is 0.497 e. The molecule has 0 saturated heterocycles. The number of rotatable bonds is 10. The van der Waals surface area contributed by atoms with Crippen LogP contribution < -0.4 is 15.4 Å². The third kappa shape index (κ3) is 9.57. The van der Waals surface area contributed by atoms with Gasteiger partial charge in [0.25, 0.3) is 0 Å². The molecule has 0 aliphatic carbocycles. The molecule has 1 aromatic heterocycles. The number of hydrogen-bond acceptors (Lipinski definition) is 4. The number of ether oxygens (including phenoxy) is 2. The van der Waals surface area contributed by atoms with Crippen molar-refractivity contribution in [2.75, 3.05) is 33.4 Å². The van der Waals surface area contributed by atoms with Gasteiger partial charge >= 0.3 is 0 Å². The van der Waals surface area contributed by atoms with Crippen molar-refractivity contribution in [3.8, 4) is 5.75 Å². The summed E-state index contributed by atoms with van der Waals surface area (Å²) in [7, 11) is 1.66. The Morgan fingerprint density at radius 1 is 1.18 bits per heavy atom. The molecule has 0 atom stereocenters. The van der Waals surface area contributed by atoms with Crippen molar-refractivity contribution < 1.29 is 9.47 Å². The number of guanidine groups is 1. The highest BCUT2D eigenvalue weighted by molar-refractivity contribution is 14.0. The number of aromatic nitrogens is 1. The molecule has 0 radical (unpaired) electrons. The van der Waals surface area contributed by atoms with Gasteiger partial charge in [0, 0.05) is 19.3 Å². The smallest absolute Gasteiger partial charge is 0.191 e. The van der Waals surface area contributed by atoms with Crippen LogP contribution in [-0.4, -0.2) is 44.3 Å². The lowest BCUT2D eigenvalue weighted by Crippen LogP contribution is -2.38. The Morgan fingerprint density at radius 3 is 2.75 bits per heavy atom. The first-order chi connectivity index (χ1) is 13.2. The Morgan fingerprint density at radius 2 is 2.04 bits per heavy atom. The lowest BCUT2D eigenvalue weighted by molar-refractivity contribution is 0.128. The first-order valence-corrected chi connectivity index (χ1v) is 9.42. The minimum Gasteiger partial charge on any atom is -0.497 e. The molecule has 154 valence electrons. The summed E-state index contributed by atoms with van der Waals surface area (Å²) in [5, 5.41) is 7.05. The van der Waals surface area contributed by atoms with E-state index in [1.54, 1.807) is 19.4 Å². The van der Waals surface area contributed by atoms with Gasteiger partial charge in [-0.15, -0.1) is 24.0 Å². The minimum absolute atomic E-state index is 0. The Hall–Kier alpha value is -1.58. The van der Waals surface area contributed by atoms with Gasteiger partial charge in [0.1, 0.15) is 10.9 Å². The molecule has 0 unspecified atom stereocenters. The monoisotopic (exact) mass is 518 g/mol. The highest BCUT2D eigenvalue weighted by Crippen LogP contribution is 2.13. The number of pyridine rings is 1. The lowest BCUT2D eigenvalue weighted by Gasteiger charge is -2.11. The van der Waals surface area contributed by atoms with E-state index in [1.165, 1.54) is 0 Å². The summed E-state index contributed by atoms with van der Waals surface area (Å²) in [4.78, 5) is 8.62. The molecule has 1 heterocycles. The zero-order chi connectivity index (χ0) is 19.3. The molecule has 0 aliphatic rings. The van der Waals surface area contributed by atoms with Crippen molar-refractivity contribution >= 4 is 41.5 Å². The lowest BCUT2D eigenvalue weighted by atomic mass is 10.2. The summed E-state index contributed by atoms with van der Waals surface area (Å²) < 4.78 is 10.9. The van der Waals surface area contributed by atoms with E-state index < -0.39 is 0 Å². The first-order valence-electron chi connectivity index (χ1n) is 9.04. The molecule has 2 aromatic rings. The summed E-state index contributed by atoms with van der Waals surface area (Å²) in [6.07, 6.45) is 2.64. The number of nitrogens with zero attached hydrogens (tertiary/aromatic N) is 2. The second kappa shape index (κ2) is 14.4. The maximum absolute atomic E-state index is 5.80. The summed E-state index contributed by atoms with van der Waals surface area (Å²) >= 11 is 5.80. The molecule has 0 spiro atoms. The Balaban J connectivity index is 0.00000392. The number of hydrogen-bond donors (Lipinski definition) is 2. The molecule has 28 heavy (non-hydrogen) atoms. The Kier molecular flexibility index (Phi) is 12.6. The fourth-order valence-corrected chi connectivity index (χ4v) is 2.51. The van der Waals surface area contributed by atoms with Gasteiger partial charge in [-0.3, -0.25) is 4.99 Å². The molecule has 0 aliphatic heterocycles. The van der Waals surface area contributed by atoms with Crippen LogP contribution in [0.25, 0.3) is 0 Å². The molecule has 2 rings (SSSR count). The van der Waals surface area contributed by atoms with E-state index >= 15 is 0 Å². The summed E-state index contributed by atoms with van der Waals surface area (Å²) in [5.74, 6) is 1.62. The van der Waals surface area contributed by atoms with E-state index in [2.05, 4.69) is 20.6 Å². The van der Waals surface area contributed by atoms with Gasteiger partial charge in [-0.1, -0.05) is 29.8 Å². The molecule has 8 heteroatoms. The van der Waals surface area contributed by atoms with Crippen LogP contribution in [0.2, 0.25) is 5.15 Å². The Bertz CT molecular complexity index is 714. The molecule has 2 N–H and O–H groups in total. The average molecular weight is 519 g/mol. The van der Waals surface area contributed by atoms with Crippen LogP contribution in [0, 0.1) is 0 Å². The third-order valence-electron chi connectivity index (χ3n) is 3.75. The zero-order valence-corrected chi connectivity index (χ0v) is 19.4. The molecular weight excluding hydrogens is 491 g/mol. The summed E-state index contributed by atoms with van der Waals surface area (Å²) in [6.45, 7) is 5.29. The number of aliphatic imine (C=N–C) groups is 1. The quantitative estimate of drug-likeness (QED) is 0.165. The van der Waals surface area contributed by atoms with Gasteiger partial charge in [-0.25, -0.2) is 4.98 Å². The van der Waals surface area contributed by atoms with E-state index in [0.29, 0.717) is 24.9 Å². The molecule has 0 fully saturated rings. The van der Waals surface area contributed by atoms with E-state index in [9.17, 15) is 0 Å². The second-order valence-corrected chi connectivity index (χ2v) is 6.22. The van der Waals surface area contributed by atoms with E-state index in [1.807, 2.05) is 37.3 Å². The fourth-order valence-electron chi connectivity index (χ4n) is 2.40. The third-order valence-corrected chi connectivity index (χ3v) is 3.97. The summed E-state index contributed by atoms with van der Waals surface area (Å²) in [5.41, 5.74) is 2.21. The summed E-state index contributed by atoms with van der Waals surface area (Å²) in [6, 6.07) is 11.6. The topological polar surface area (TPSA) is 67.8 Å². The fraction of sp³-hybridized carbons (Fsp3) is 0.400. The maximum Gasteiger partial charge on any atom is 0.191 e. The minimum atomic E-state index is 0. The van der Waals surface area contributed by atoms with Crippen molar-refractivity contribution in [3.05, 3.63) is 58.9 Å². The van der Waals surface area contributed by atoms with Gasteiger partial charge in [-0.2, -0.15) is 0 Å². The van der Waals surface area contributed by atoms with Crippen molar-refractivity contribution in [1.82, 2.24) is 15.6 Å². The maximum atomic E-state index is 5.80. The van der Waals surface area contributed by atoms with Crippen molar-refractivity contribution in [2.24, 2.45) is 4.99 Å². The van der Waals surface area contributed by atoms with E-state index in [0.717, 1.165) is 42.3 Å². The van der Waals surface area contributed by atoms with E-state index in [-0.39, 0.29) is 24.0 Å². The van der Waals surface area contributed by atoms with Gasteiger partial charge < -0.3 is 20.1 Å². The highest BCUT2D eigenvalue weighted by Gasteiger charge is 2.00. The molecular formula is C20H28ClIN4O2. The number of benzene rings is 1. The predicted octanol–water partition coefficient (Wildman–Crippen LogP) is 3.68. The van der Waals surface area contributed by atoms with Crippen molar-refractivity contribution in [1.29, 1.82) is 0 Å². The SMILES string of the molecule is CCNC(=NCCOCc1cccc(OC)c1)NCCc1ccc(Cl)nc1.I. The van der Waals surface area contributed by atoms with Crippen LogP contribution >= 0.6 is 35.6 Å². The normalized spacial score (nSPS) is 10.9. The predicted molar refractivity (Wildman–Crippen MR) is 125 cm³/mol. The molecule has 1 aromatic carbocycles. The number of nitrogens with one attached hydrogen (secondary N) is 2.